The maximum atomic E-state index is 9.89. The average Bonchev–Trinajstić information content (AvgIpc) is 1.55. The third-order valence-corrected chi connectivity index (χ3v) is 2.58. The van der Waals surface area contributed by atoms with E-state index in [1.165, 1.54) is 0 Å². The Balaban J connectivity index is 4.02. The van der Waals surface area contributed by atoms with Crippen molar-refractivity contribution in [3.63, 3.8) is 0 Å². The summed E-state index contributed by atoms with van der Waals surface area (Å²) in [6.07, 6.45) is 0. The standard InChI is InChI=1S/H6O9P2/c1-7-8-11(5,6)9-10(2,3)4/h1,5-6,11H,(H2,2,3,4). The van der Waals surface area contributed by atoms with Gasteiger partial charge in [-0.2, -0.15) is 0 Å². The van der Waals surface area contributed by atoms with E-state index in [1.807, 2.05) is 0 Å². The summed E-state index contributed by atoms with van der Waals surface area (Å²) >= 11 is 0. The number of phosphoric acid groups is 1. The van der Waals surface area contributed by atoms with Gasteiger partial charge in [0.2, 0.25) is 0 Å². The van der Waals surface area contributed by atoms with E-state index < -0.39 is 16.0 Å². The molecule has 0 aliphatic carbocycles. The molecule has 0 unspecified atom stereocenters. The monoisotopic (exact) mass is 212 g/mol. The predicted molar refractivity (Wildman–Crippen MR) is 30.7 cm³/mol. The Bertz CT molecular complexity index is 153. The molecule has 0 rings (SSSR count). The normalized spacial score (nSPS) is 15.0. The van der Waals surface area contributed by atoms with Crippen LogP contribution >= 0.6 is 16.0 Å². The molecule has 9 nitrogen and oxygen atoms in total. The molecule has 0 radical (unpaired) electrons. The van der Waals surface area contributed by atoms with E-state index in [1.54, 1.807) is 0 Å². The molecule has 0 atom stereocenters. The van der Waals surface area contributed by atoms with Gasteiger partial charge in [0.1, 0.15) is 0 Å². The van der Waals surface area contributed by atoms with Crippen molar-refractivity contribution in [2.45, 2.75) is 0 Å². The molecule has 0 aromatic carbocycles. The Hall–Kier alpha value is 0.340. The Morgan fingerprint density at radius 3 is 2.00 bits per heavy atom. The van der Waals surface area contributed by atoms with Gasteiger partial charge < -0.3 is 0 Å². The first kappa shape index (κ1) is 11.3. The van der Waals surface area contributed by atoms with Crippen molar-refractivity contribution < 1.29 is 43.4 Å². The second-order valence-corrected chi connectivity index (χ2v) is 4.26. The first-order valence-electron chi connectivity index (χ1n) is 1.97. The van der Waals surface area contributed by atoms with E-state index in [0.29, 0.717) is 0 Å². The van der Waals surface area contributed by atoms with Crippen molar-refractivity contribution in [3.8, 4) is 0 Å². The fraction of sp³-hybridized carbons (Fsp3) is 0. The first-order valence-corrected chi connectivity index (χ1v) is 5.21. The van der Waals surface area contributed by atoms with Crippen LogP contribution in [0.2, 0.25) is 0 Å². The van der Waals surface area contributed by atoms with E-state index in [2.05, 4.69) is 14.0 Å². The van der Waals surface area contributed by atoms with E-state index in [9.17, 15) is 4.57 Å². The van der Waals surface area contributed by atoms with E-state index >= 15 is 0 Å². The zero-order chi connectivity index (χ0) is 9.12. The van der Waals surface area contributed by atoms with Gasteiger partial charge in [0.15, 0.2) is 0 Å². The Labute approximate surface area is 60.5 Å². The second kappa shape index (κ2) is 3.83. The maximum absolute atomic E-state index is 9.89. The van der Waals surface area contributed by atoms with Crippen LogP contribution in [-0.4, -0.2) is 24.8 Å². The molecule has 70 valence electrons. The summed E-state index contributed by atoms with van der Waals surface area (Å²) in [6.45, 7) is 0. The van der Waals surface area contributed by atoms with Crippen LogP contribution in [0.15, 0.2) is 0 Å². The molecule has 0 fully saturated rings. The molecule has 5 N–H and O–H groups in total. The van der Waals surface area contributed by atoms with Crippen molar-refractivity contribution in [2.24, 2.45) is 0 Å². The molecule has 0 heterocycles. The molecular weight excluding hydrogens is 206 g/mol. The topological polar surface area (TPSA) is 146 Å². The first-order chi connectivity index (χ1) is 4.77. The van der Waals surface area contributed by atoms with E-state index in [0.717, 1.165) is 0 Å². The SMILES string of the molecule is O=P(O)(O)O[PH](O)(O)OOO. The summed E-state index contributed by atoms with van der Waals surface area (Å²) in [5, 5.41) is 10.2. The number of hydrogen-bond donors (Lipinski definition) is 5. The van der Waals surface area contributed by atoms with Crippen molar-refractivity contribution in [3.05, 3.63) is 0 Å². The van der Waals surface area contributed by atoms with Gasteiger partial charge in [0.05, 0.1) is 0 Å². The van der Waals surface area contributed by atoms with Crippen LogP contribution in [0, 0.1) is 0 Å². The Morgan fingerprint density at radius 2 is 1.73 bits per heavy atom. The second-order valence-electron chi connectivity index (χ2n) is 1.29. The van der Waals surface area contributed by atoms with Crippen molar-refractivity contribution in [1.29, 1.82) is 0 Å². The minimum absolute atomic E-state index is 2.75. The van der Waals surface area contributed by atoms with E-state index in [-0.39, 0.29) is 0 Å². The van der Waals surface area contributed by atoms with Crippen molar-refractivity contribution in [2.75, 3.05) is 0 Å². The zero-order valence-electron chi connectivity index (χ0n) is 4.82. The molecule has 0 saturated heterocycles. The van der Waals surface area contributed by atoms with Crippen molar-refractivity contribution in [1.82, 2.24) is 0 Å². The van der Waals surface area contributed by atoms with Gasteiger partial charge in [0, 0.05) is 0 Å². The van der Waals surface area contributed by atoms with Gasteiger partial charge in [-0.1, -0.05) is 0 Å². The van der Waals surface area contributed by atoms with Gasteiger partial charge in [-0.05, 0) is 0 Å². The molecular formula is H6O9P2. The molecule has 0 aliphatic heterocycles. The molecule has 11 heavy (non-hydrogen) atoms. The summed E-state index contributed by atoms with van der Waals surface area (Å²) < 4.78 is 16.4. The van der Waals surface area contributed by atoms with Crippen LogP contribution in [0.1, 0.15) is 0 Å². The van der Waals surface area contributed by atoms with Crippen molar-refractivity contribution >= 4 is 16.0 Å². The number of hydrogen-bond acceptors (Lipinski definition) is 7. The molecule has 0 spiro atoms. The fourth-order valence-corrected chi connectivity index (χ4v) is 1.68. The number of rotatable bonds is 4. The zero-order valence-corrected chi connectivity index (χ0v) is 6.71. The molecule has 0 aromatic rings. The van der Waals surface area contributed by atoms with Crippen LogP contribution in [0.5, 0.6) is 0 Å². The molecule has 0 aromatic heterocycles. The predicted octanol–water partition coefficient (Wildman–Crippen LogP) is -1.09. The summed E-state index contributed by atoms with van der Waals surface area (Å²) in [5.74, 6) is 0. The van der Waals surface area contributed by atoms with Crippen LogP contribution in [0.25, 0.3) is 0 Å². The summed E-state index contributed by atoms with van der Waals surface area (Å²) in [6, 6.07) is 0. The summed E-state index contributed by atoms with van der Waals surface area (Å²) in [7, 11) is -10.1. The minimum atomic E-state index is -5.07. The average molecular weight is 212 g/mol. The van der Waals surface area contributed by atoms with Gasteiger partial charge in [-0.15, -0.1) is 0 Å². The van der Waals surface area contributed by atoms with Crippen LogP contribution in [0.3, 0.4) is 0 Å². The summed E-state index contributed by atoms with van der Waals surface area (Å²) in [4.78, 5) is 32.6. The molecule has 0 amide bonds. The Morgan fingerprint density at radius 1 is 1.27 bits per heavy atom. The van der Waals surface area contributed by atoms with Crippen LogP contribution in [0.4, 0.5) is 0 Å². The Kier molecular flexibility index (Phi) is 3.95. The van der Waals surface area contributed by atoms with Gasteiger partial charge >= 0.3 is 59.4 Å². The molecule has 0 saturated carbocycles. The third kappa shape index (κ3) is 6.73. The van der Waals surface area contributed by atoms with Crippen LogP contribution < -0.4 is 0 Å². The third-order valence-electron chi connectivity index (χ3n) is 0.384. The van der Waals surface area contributed by atoms with Gasteiger partial charge in [-0.25, -0.2) is 0 Å². The van der Waals surface area contributed by atoms with E-state index in [4.69, 9.17) is 24.8 Å². The van der Waals surface area contributed by atoms with Gasteiger partial charge in [0.25, 0.3) is 0 Å². The molecule has 11 heteroatoms. The van der Waals surface area contributed by atoms with Crippen LogP contribution in [-0.2, 0) is 18.6 Å². The molecule has 0 aliphatic rings. The fourth-order valence-electron chi connectivity index (χ4n) is 0.219. The quantitative estimate of drug-likeness (QED) is 0.223. The summed E-state index contributed by atoms with van der Waals surface area (Å²) in [5.41, 5.74) is 0. The van der Waals surface area contributed by atoms with Gasteiger partial charge in [-0.3, -0.25) is 0 Å². The molecule has 0 bridgehead atoms.